The summed E-state index contributed by atoms with van der Waals surface area (Å²) in [7, 11) is 0. The zero-order chi connectivity index (χ0) is 7.56. The number of aromatic nitrogens is 2. The predicted octanol–water partition coefficient (Wildman–Crippen LogP) is 1.28. The molecule has 0 bridgehead atoms. The molecule has 1 heterocycles. The Labute approximate surface area is 67.5 Å². The number of aliphatic hydroxyl groups is 1. The Balaban J connectivity index is 2.58. The molecule has 1 unspecified atom stereocenters. The quantitative estimate of drug-likeness (QED) is 0.544. The van der Waals surface area contributed by atoms with Crippen molar-refractivity contribution in [2.45, 2.75) is 23.6 Å². The van der Waals surface area contributed by atoms with E-state index in [1.54, 1.807) is 6.92 Å². The Morgan fingerprint density at radius 1 is 1.60 bits per heavy atom. The first-order chi connectivity index (χ1) is 4.68. The zero-order valence-electron chi connectivity index (χ0n) is 5.74. The SMILES string of the molecule is Cc1nnc(SC(C)O)s1. The fraction of sp³-hybridized carbons (Fsp3) is 0.600. The van der Waals surface area contributed by atoms with Crippen molar-refractivity contribution in [3.05, 3.63) is 5.01 Å². The number of rotatable bonds is 2. The van der Waals surface area contributed by atoms with Gasteiger partial charge in [-0.15, -0.1) is 10.2 Å². The summed E-state index contributed by atoms with van der Waals surface area (Å²) in [5, 5.41) is 17.5. The molecule has 10 heavy (non-hydrogen) atoms. The van der Waals surface area contributed by atoms with Crippen molar-refractivity contribution in [2.75, 3.05) is 0 Å². The van der Waals surface area contributed by atoms with Gasteiger partial charge in [-0.05, 0) is 13.8 Å². The van der Waals surface area contributed by atoms with Gasteiger partial charge in [-0.25, -0.2) is 0 Å². The molecule has 5 heteroatoms. The van der Waals surface area contributed by atoms with Crippen LogP contribution in [0.15, 0.2) is 4.34 Å². The first kappa shape index (κ1) is 7.97. The summed E-state index contributed by atoms with van der Waals surface area (Å²) in [5.41, 5.74) is -0.396. The Kier molecular flexibility index (Phi) is 2.64. The Morgan fingerprint density at radius 3 is 2.70 bits per heavy atom. The molecule has 1 rings (SSSR count). The lowest BCUT2D eigenvalue weighted by Crippen LogP contribution is -1.89. The van der Waals surface area contributed by atoms with Gasteiger partial charge in [0.15, 0.2) is 4.34 Å². The molecule has 0 spiro atoms. The monoisotopic (exact) mass is 176 g/mol. The van der Waals surface area contributed by atoms with Crippen LogP contribution in [-0.4, -0.2) is 20.7 Å². The summed E-state index contributed by atoms with van der Waals surface area (Å²) in [6.07, 6.45) is 0. The number of hydrogen-bond acceptors (Lipinski definition) is 5. The van der Waals surface area contributed by atoms with E-state index in [4.69, 9.17) is 5.11 Å². The lowest BCUT2D eigenvalue weighted by Gasteiger charge is -1.95. The van der Waals surface area contributed by atoms with Crippen LogP contribution in [0, 0.1) is 6.92 Å². The highest BCUT2D eigenvalue weighted by atomic mass is 32.2. The van der Waals surface area contributed by atoms with Gasteiger partial charge in [-0.3, -0.25) is 0 Å². The van der Waals surface area contributed by atoms with Crippen molar-refractivity contribution in [3.8, 4) is 0 Å². The molecule has 0 aliphatic rings. The van der Waals surface area contributed by atoms with Crippen molar-refractivity contribution in [3.63, 3.8) is 0 Å². The van der Waals surface area contributed by atoms with E-state index in [2.05, 4.69) is 10.2 Å². The molecule has 56 valence electrons. The van der Waals surface area contributed by atoms with E-state index in [9.17, 15) is 0 Å². The van der Waals surface area contributed by atoms with Gasteiger partial charge in [-0.2, -0.15) is 0 Å². The Morgan fingerprint density at radius 2 is 2.30 bits per heavy atom. The molecule has 1 N–H and O–H groups in total. The second kappa shape index (κ2) is 3.32. The number of aliphatic hydroxyl groups excluding tert-OH is 1. The highest BCUT2D eigenvalue weighted by Crippen LogP contribution is 2.24. The molecule has 0 aliphatic carbocycles. The molecule has 0 aromatic carbocycles. The summed E-state index contributed by atoms with van der Waals surface area (Å²) in [6, 6.07) is 0. The van der Waals surface area contributed by atoms with Crippen LogP contribution in [0.5, 0.6) is 0 Å². The van der Waals surface area contributed by atoms with Crippen LogP contribution < -0.4 is 0 Å². The summed E-state index contributed by atoms with van der Waals surface area (Å²) < 4.78 is 0.826. The first-order valence-corrected chi connectivity index (χ1v) is 4.53. The Bertz CT molecular complexity index is 211. The largest absolute Gasteiger partial charge is 0.382 e. The minimum absolute atomic E-state index is 0.396. The molecule has 0 saturated carbocycles. The van der Waals surface area contributed by atoms with E-state index < -0.39 is 5.44 Å². The third-order valence-corrected chi connectivity index (χ3v) is 2.58. The molecule has 0 radical (unpaired) electrons. The topological polar surface area (TPSA) is 46.0 Å². The van der Waals surface area contributed by atoms with Crippen LogP contribution in [0.25, 0.3) is 0 Å². The predicted molar refractivity (Wildman–Crippen MR) is 42.2 cm³/mol. The van der Waals surface area contributed by atoms with Gasteiger partial charge in [-0.1, -0.05) is 23.1 Å². The van der Waals surface area contributed by atoms with E-state index in [1.165, 1.54) is 23.1 Å². The lowest BCUT2D eigenvalue weighted by atomic mass is 10.9. The van der Waals surface area contributed by atoms with Crippen molar-refractivity contribution in [2.24, 2.45) is 0 Å². The third-order valence-electron chi connectivity index (χ3n) is 0.779. The standard InChI is InChI=1S/C5H8N2OS2/c1-3-6-7-5(9-3)10-4(2)8/h4,8H,1-2H3. The van der Waals surface area contributed by atoms with Gasteiger partial charge in [0.2, 0.25) is 0 Å². The summed E-state index contributed by atoms with van der Waals surface area (Å²) in [6.45, 7) is 3.60. The molecular formula is C5H8N2OS2. The second-order valence-electron chi connectivity index (χ2n) is 1.80. The summed E-state index contributed by atoms with van der Waals surface area (Å²) in [4.78, 5) is 0. The molecule has 0 amide bonds. The van der Waals surface area contributed by atoms with Crippen LogP contribution in [0.4, 0.5) is 0 Å². The highest BCUT2D eigenvalue weighted by Gasteiger charge is 2.03. The van der Waals surface area contributed by atoms with E-state index in [0.717, 1.165) is 9.35 Å². The molecular weight excluding hydrogens is 168 g/mol. The van der Waals surface area contributed by atoms with Crippen LogP contribution >= 0.6 is 23.1 Å². The van der Waals surface area contributed by atoms with Crippen LogP contribution in [-0.2, 0) is 0 Å². The van der Waals surface area contributed by atoms with Crippen molar-refractivity contribution in [1.29, 1.82) is 0 Å². The van der Waals surface area contributed by atoms with Gasteiger partial charge in [0.05, 0.1) is 0 Å². The maximum atomic E-state index is 8.92. The Hall–Kier alpha value is -0.130. The number of hydrogen-bond donors (Lipinski definition) is 1. The van der Waals surface area contributed by atoms with Gasteiger partial charge >= 0.3 is 0 Å². The van der Waals surface area contributed by atoms with E-state index >= 15 is 0 Å². The second-order valence-corrected chi connectivity index (χ2v) is 4.55. The normalized spacial score (nSPS) is 13.5. The van der Waals surface area contributed by atoms with Crippen molar-refractivity contribution < 1.29 is 5.11 Å². The molecule has 1 atom stereocenters. The van der Waals surface area contributed by atoms with Crippen LogP contribution in [0.1, 0.15) is 11.9 Å². The fourth-order valence-corrected chi connectivity index (χ4v) is 2.24. The maximum Gasteiger partial charge on any atom is 0.176 e. The van der Waals surface area contributed by atoms with Crippen LogP contribution in [0.2, 0.25) is 0 Å². The summed E-state index contributed by atoms with van der Waals surface area (Å²) >= 11 is 2.82. The average Bonchev–Trinajstić information content (AvgIpc) is 2.13. The number of aryl methyl sites for hydroxylation is 1. The lowest BCUT2D eigenvalue weighted by molar-refractivity contribution is 0.284. The summed E-state index contributed by atoms with van der Waals surface area (Å²) in [5.74, 6) is 0. The van der Waals surface area contributed by atoms with Crippen molar-refractivity contribution in [1.82, 2.24) is 10.2 Å². The highest BCUT2D eigenvalue weighted by molar-refractivity contribution is 8.01. The minimum atomic E-state index is -0.396. The average molecular weight is 176 g/mol. The van der Waals surface area contributed by atoms with Crippen LogP contribution in [0.3, 0.4) is 0 Å². The third kappa shape index (κ3) is 2.24. The molecule has 0 aliphatic heterocycles. The zero-order valence-corrected chi connectivity index (χ0v) is 7.37. The number of thioether (sulfide) groups is 1. The smallest absolute Gasteiger partial charge is 0.176 e. The van der Waals surface area contributed by atoms with E-state index in [0.29, 0.717) is 0 Å². The minimum Gasteiger partial charge on any atom is -0.382 e. The molecule has 1 aromatic rings. The number of nitrogens with zero attached hydrogens (tertiary/aromatic N) is 2. The maximum absolute atomic E-state index is 8.92. The first-order valence-electron chi connectivity index (χ1n) is 2.83. The van der Waals surface area contributed by atoms with Crippen molar-refractivity contribution >= 4 is 23.1 Å². The van der Waals surface area contributed by atoms with Gasteiger partial charge < -0.3 is 5.11 Å². The molecule has 0 saturated heterocycles. The van der Waals surface area contributed by atoms with E-state index in [1.807, 2.05) is 6.92 Å². The van der Waals surface area contributed by atoms with Gasteiger partial charge in [0.25, 0.3) is 0 Å². The molecule has 1 aromatic heterocycles. The van der Waals surface area contributed by atoms with E-state index in [-0.39, 0.29) is 0 Å². The molecule has 0 fully saturated rings. The fourth-order valence-electron chi connectivity index (χ4n) is 0.472. The molecule has 3 nitrogen and oxygen atoms in total. The van der Waals surface area contributed by atoms with Gasteiger partial charge in [0.1, 0.15) is 10.4 Å². The van der Waals surface area contributed by atoms with Gasteiger partial charge in [0, 0.05) is 0 Å².